The summed E-state index contributed by atoms with van der Waals surface area (Å²) in [4.78, 5) is 16.5. The molecule has 1 amide bonds. The first-order chi connectivity index (χ1) is 12.2. The number of carbonyl (C=O) groups is 1. The van der Waals surface area contributed by atoms with Crippen molar-refractivity contribution in [1.82, 2.24) is 16.0 Å². The normalized spacial score (nSPS) is 12.3. The van der Waals surface area contributed by atoms with E-state index in [1.165, 1.54) is 5.56 Å². The van der Waals surface area contributed by atoms with Gasteiger partial charge in [0.05, 0.1) is 12.6 Å². The molecule has 0 saturated heterocycles. The van der Waals surface area contributed by atoms with E-state index in [4.69, 9.17) is 0 Å². The number of carbonyl (C=O) groups excluding carboxylic acids is 1. The van der Waals surface area contributed by atoms with Gasteiger partial charge in [-0.3, -0.25) is 9.79 Å². The van der Waals surface area contributed by atoms with Crippen LogP contribution in [0.5, 0.6) is 0 Å². The van der Waals surface area contributed by atoms with Gasteiger partial charge in [0.2, 0.25) is 0 Å². The van der Waals surface area contributed by atoms with Gasteiger partial charge >= 0.3 is 0 Å². The molecule has 0 radical (unpaired) electrons. The van der Waals surface area contributed by atoms with Gasteiger partial charge in [-0.25, -0.2) is 0 Å². The maximum Gasteiger partial charge on any atom is 0.251 e. The Morgan fingerprint density at radius 3 is 2.28 bits per heavy atom. The number of aliphatic imine (C=N–C) groups is 1. The van der Waals surface area contributed by atoms with Crippen LogP contribution in [0.15, 0.2) is 65.7 Å². The lowest BCUT2D eigenvalue weighted by atomic mass is 10.1. The Bertz CT molecular complexity index is 671. The molecule has 5 nitrogen and oxygen atoms in total. The van der Waals surface area contributed by atoms with E-state index in [2.05, 4.69) is 40.0 Å². The van der Waals surface area contributed by atoms with Crippen molar-refractivity contribution >= 4 is 11.9 Å². The summed E-state index contributed by atoms with van der Waals surface area (Å²) >= 11 is 0. The first-order valence-corrected chi connectivity index (χ1v) is 8.63. The Morgan fingerprint density at radius 2 is 1.64 bits per heavy atom. The summed E-state index contributed by atoms with van der Waals surface area (Å²) in [5, 5.41) is 9.49. The van der Waals surface area contributed by atoms with E-state index in [9.17, 15) is 4.79 Å². The fourth-order valence-corrected chi connectivity index (χ4v) is 2.38. The molecule has 1 atom stereocenters. The maximum absolute atomic E-state index is 12.0. The van der Waals surface area contributed by atoms with Gasteiger partial charge in [0.1, 0.15) is 0 Å². The van der Waals surface area contributed by atoms with Crippen molar-refractivity contribution in [2.45, 2.75) is 19.9 Å². The fraction of sp³-hybridized carbons (Fsp3) is 0.300. The summed E-state index contributed by atoms with van der Waals surface area (Å²) in [5.74, 6) is 0.666. The number of benzene rings is 2. The largest absolute Gasteiger partial charge is 0.357 e. The smallest absolute Gasteiger partial charge is 0.251 e. The number of nitrogens with zero attached hydrogens (tertiary/aromatic N) is 1. The summed E-state index contributed by atoms with van der Waals surface area (Å²) < 4.78 is 0. The summed E-state index contributed by atoms with van der Waals surface area (Å²) in [5.41, 5.74) is 1.86. The molecule has 0 spiro atoms. The van der Waals surface area contributed by atoms with Gasteiger partial charge in [-0.05, 0) is 31.5 Å². The van der Waals surface area contributed by atoms with Crippen LogP contribution in [0.3, 0.4) is 0 Å². The zero-order valence-corrected chi connectivity index (χ0v) is 14.8. The van der Waals surface area contributed by atoms with Gasteiger partial charge in [-0.2, -0.15) is 0 Å². The quantitative estimate of drug-likeness (QED) is 0.413. The minimum atomic E-state index is -0.0774. The lowest BCUT2D eigenvalue weighted by Crippen LogP contribution is -2.39. The minimum absolute atomic E-state index is 0.0774. The number of guanidine groups is 1. The molecule has 0 heterocycles. The van der Waals surface area contributed by atoms with E-state index in [1.807, 2.05) is 43.3 Å². The van der Waals surface area contributed by atoms with Crippen molar-refractivity contribution in [3.05, 3.63) is 71.8 Å². The predicted molar refractivity (Wildman–Crippen MR) is 103 cm³/mol. The Kier molecular flexibility index (Phi) is 7.50. The van der Waals surface area contributed by atoms with Crippen LogP contribution in [0.1, 0.15) is 35.8 Å². The second kappa shape index (κ2) is 10.1. The summed E-state index contributed by atoms with van der Waals surface area (Å²) in [7, 11) is 0. The molecule has 25 heavy (non-hydrogen) atoms. The van der Waals surface area contributed by atoms with Crippen molar-refractivity contribution in [2.75, 3.05) is 19.6 Å². The van der Waals surface area contributed by atoms with Gasteiger partial charge in [0.25, 0.3) is 5.91 Å². The number of rotatable bonds is 7. The molecule has 0 aromatic heterocycles. The lowest BCUT2D eigenvalue weighted by molar-refractivity contribution is 0.0955. The molecule has 0 fully saturated rings. The summed E-state index contributed by atoms with van der Waals surface area (Å²) in [6.45, 7) is 5.91. The third-order valence-electron chi connectivity index (χ3n) is 3.70. The average molecular weight is 338 g/mol. The van der Waals surface area contributed by atoms with E-state index in [-0.39, 0.29) is 11.9 Å². The monoisotopic (exact) mass is 338 g/mol. The zero-order valence-electron chi connectivity index (χ0n) is 14.8. The van der Waals surface area contributed by atoms with E-state index in [0.29, 0.717) is 18.7 Å². The standard InChI is InChI=1S/C20H26N4O/c1-3-21-20(24-16(2)17-10-6-4-7-11-17)23-15-14-22-19(25)18-12-8-5-9-13-18/h4-13,16H,3,14-15H2,1-2H3,(H,22,25)(H2,21,23,24). The number of hydrogen-bond donors (Lipinski definition) is 3. The molecular formula is C20H26N4O. The van der Waals surface area contributed by atoms with Gasteiger partial charge in [-0.15, -0.1) is 0 Å². The van der Waals surface area contributed by atoms with Gasteiger partial charge < -0.3 is 16.0 Å². The molecule has 0 aliphatic heterocycles. The Hall–Kier alpha value is -2.82. The van der Waals surface area contributed by atoms with Crippen LogP contribution in [0, 0.1) is 0 Å². The fourth-order valence-electron chi connectivity index (χ4n) is 2.38. The summed E-state index contributed by atoms with van der Waals surface area (Å²) in [6, 6.07) is 19.6. The first-order valence-electron chi connectivity index (χ1n) is 8.63. The van der Waals surface area contributed by atoms with Crippen LogP contribution >= 0.6 is 0 Å². The molecule has 0 aliphatic carbocycles. The molecule has 0 bridgehead atoms. The average Bonchev–Trinajstić information content (AvgIpc) is 2.66. The molecular weight excluding hydrogens is 312 g/mol. The molecule has 5 heteroatoms. The van der Waals surface area contributed by atoms with Crippen LogP contribution in [0.4, 0.5) is 0 Å². The molecule has 1 unspecified atom stereocenters. The highest BCUT2D eigenvalue weighted by Gasteiger charge is 2.07. The molecule has 3 N–H and O–H groups in total. The highest BCUT2D eigenvalue weighted by Crippen LogP contribution is 2.10. The SMILES string of the molecule is CCNC(=NCCNC(=O)c1ccccc1)NC(C)c1ccccc1. The van der Waals surface area contributed by atoms with Crippen molar-refractivity contribution < 1.29 is 4.79 Å². The maximum atomic E-state index is 12.0. The first kappa shape index (κ1) is 18.5. The third kappa shape index (κ3) is 6.30. The Labute approximate surface area is 149 Å². The second-order valence-corrected chi connectivity index (χ2v) is 5.66. The zero-order chi connectivity index (χ0) is 17.9. The lowest BCUT2D eigenvalue weighted by Gasteiger charge is -2.18. The predicted octanol–water partition coefficient (Wildman–Crippen LogP) is 2.73. The van der Waals surface area contributed by atoms with Crippen molar-refractivity contribution in [3.63, 3.8) is 0 Å². The molecule has 2 aromatic rings. The highest BCUT2D eigenvalue weighted by atomic mass is 16.1. The van der Waals surface area contributed by atoms with Crippen LogP contribution < -0.4 is 16.0 Å². The second-order valence-electron chi connectivity index (χ2n) is 5.66. The van der Waals surface area contributed by atoms with Crippen LogP contribution in [-0.4, -0.2) is 31.5 Å². The number of hydrogen-bond acceptors (Lipinski definition) is 2. The number of nitrogens with one attached hydrogen (secondary N) is 3. The summed E-state index contributed by atoms with van der Waals surface area (Å²) in [6.07, 6.45) is 0. The van der Waals surface area contributed by atoms with E-state index in [0.717, 1.165) is 12.5 Å². The topological polar surface area (TPSA) is 65.5 Å². The van der Waals surface area contributed by atoms with E-state index < -0.39 is 0 Å². The highest BCUT2D eigenvalue weighted by molar-refractivity contribution is 5.94. The Balaban J connectivity index is 1.84. The van der Waals surface area contributed by atoms with E-state index >= 15 is 0 Å². The minimum Gasteiger partial charge on any atom is -0.357 e. The van der Waals surface area contributed by atoms with E-state index in [1.54, 1.807) is 12.1 Å². The molecule has 2 aromatic carbocycles. The molecule has 0 aliphatic rings. The van der Waals surface area contributed by atoms with Crippen molar-refractivity contribution in [3.8, 4) is 0 Å². The Morgan fingerprint density at radius 1 is 1.00 bits per heavy atom. The van der Waals surface area contributed by atoms with Crippen LogP contribution in [0.25, 0.3) is 0 Å². The third-order valence-corrected chi connectivity index (χ3v) is 3.70. The van der Waals surface area contributed by atoms with Crippen LogP contribution in [0.2, 0.25) is 0 Å². The van der Waals surface area contributed by atoms with Crippen molar-refractivity contribution in [2.24, 2.45) is 4.99 Å². The van der Waals surface area contributed by atoms with Gasteiger partial charge in [0, 0.05) is 18.7 Å². The van der Waals surface area contributed by atoms with Crippen LogP contribution in [-0.2, 0) is 0 Å². The number of amides is 1. The molecule has 2 rings (SSSR count). The van der Waals surface area contributed by atoms with Gasteiger partial charge in [-0.1, -0.05) is 48.5 Å². The van der Waals surface area contributed by atoms with Gasteiger partial charge in [0.15, 0.2) is 5.96 Å². The molecule has 132 valence electrons. The van der Waals surface area contributed by atoms with Crippen molar-refractivity contribution in [1.29, 1.82) is 0 Å². The molecule has 0 saturated carbocycles.